The third-order valence-corrected chi connectivity index (χ3v) is 4.20. The summed E-state index contributed by atoms with van der Waals surface area (Å²) < 4.78 is 0. The SMILES string of the molecule is O=C(O)C1CN(C(=O)N(Cc2ccccc2)Cc2ccccc2)C1. The molecule has 1 aliphatic heterocycles. The van der Waals surface area contributed by atoms with E-state index in [9.17, 15) is 9.59 Å². The molecule has 2 aromatic carbocycles. The maximum absolute atomic E-state index is 12.8. The second-order valence-electron chi connectivity index (χ2n) is 6.05. The van der Waals surface area contributed by atoms with Gasteiger partial charge < -0.3 is 14.9 Å². The average Bonchev–Trinajstić information content (AvgIpc) is 2.54. The zero-order valence-electron chi connectivity index (χ0n) is 13.3. The van der Waals surface area contributed by atoms with Gasteiger partial charge in [-0.25, -0.2) is 4.79 Å². The van der Waals surface area contributed by atoms with Crippen molar-refractivity contribution in [2.75, 3.05) is 13.1 Å². The number of hydrogen-bond donors (Lipinski definition) is 1. The second-order valence-corrected chi connectivity index (χ2v) is 6.05. The van der Waals surface area contributed by atoms with Crippen molar-refractivity contribution < 1.29 is 14.7 Å². The van der Waals surface area contributed by atoms with E-state index in [0.717, 1.165) is 11.1 Å². The number of carbonyl (C=O) groups excluding carboxylic acids is 1. The summed E-state index contributed by atoms with van der Waals surface area (Å²) in [6, 6.07) is 19.5. The van der Waals surface area contributed by atoms with E-state index in [1.54, 1.807) is 9.80 Å². The van der Waals surface area contributed by atoms with Crippen LogP contribution in [0.1, 0.15) is 11.1 Å². The molecular formula is C19H20N2O3. The lowest BCUT2D eigenvalue weighted by Crippen LogP contribution is -2.56. The van der Waals surface area contributed by atoms with Gasteiger partial charge in [-0.2, -0.15) is 0 Å². The molecule has 0 spiro atoms. The van der Waals surface area contributed by atoms with Crippen molar-refractivity contribution in [3.63, 3.8) is 0 Å². The smallest absolute Gasteiger partial charge is 0.320 e. The lowest BCUT2D eigenvalue weighted by molar-refractivity contribution is -0.146. The van der Waals surface area contributed by atoms with Gasteiger partial charge in [-0.05, 0) is 11.1 Å². The number of carboxylic acids is 1. The molecular weight excluding hydrogens is 304 g/mol. The summed E-state index contributed by atoms with van der Waals surface area (Å²) in [6.45, 7) is 1.58. The molecule has 5 nitrogen and oxygen atoms in total. The highest BCUT2D eigenvalue weighted by molar-refractivity contribution is 5.79. The van der Waals surface area contributed by atoms with Crippen molar-refractivity contribution in [3.8, 4) is 0 Å². The quantitative estimate of drug-likeness (QED) is 0.920. The molecule has 0 atom stereocenters. The monoisotopic (exact) mass is 324 g/mol. The first-order chi connectivity index (χ1) is 11.6. The fraction of sp³-hybridized carbons (Fsp3) is 0.263. The molecule has 0 unspecified atom stereocenters. The zero-order chi connectivity index (χ0) is 16.9. The number of likely N-dealkylation sites (tertiary alicyclic amines) is 1. The molecule has 5 heteroatoms. The summed E-state index contributed by atoms with van der Waals surface area (Å²) in [5.74, 6) is -1.28. The molecule has 1 fully saturated rings. The van der Waals surface area contributed by atoms with Crippen LogP contribution in [0.3, 0.4) is 0 Å². The highest BCUT2D eigenvalue weighted by Gasteiger charge is 2.37. The first-order valence-corrected chi connectivity index (χ1v) is 7.98. The predicted molar refractivity (Wildman–Crippen MR) is 90.2 cm³/mol. The van der Waals surface area contributed by atoms with Gasteiger partial charge in [-0.15, -0.1) is 0 Å². The second kappa shape index (κ2) is 7.17. The Hall–Kier alpha value is -2.82. The number of carboxylic acid groups (broad SMARTS) is 1. The van der Waals surface area contributed by atoms with Crippen LogP contribution < -0.4 is 0 Å². The number of benzene rings is 2. The van der Waals surface area contributed by atoms with Gasteiger partial charge in [-0.3, -0.25) is 4.79 Å². The largest absolute Gasteiger partial charge is 0.481 e. The standard InChI is InChI=1S/C19H20N2O3/c22-18(23)17-13-21(14-17)19(24)20(11-15-7-3-1-4-8-15)12-16-9-5-2-6-10-16/h1-10,17H,11-14H2,(H,22,23). The lowest BCUT2D eigenvalue weighted by atomic mass is 10.0. The Morgan fingerprint density at radius 1 is 0.917 bits per heavy atom. The zero-order valence-corrected chi connectivity index (χ0v) is 13.3. The lowest BCUT2D eigenvalue weighted by Gasteiger charge is -2.40. The molecule has 2 amide bonds. The van der Waals surface area contributed by atoms with Crippen molar-refractivity contribution in [1.82, 2.24) is 9.80 Å². The summed E-state index contributed by atoms with van der Waals surface area (Å²) in [5.41, 5.74) is 2.11. The maximum atomic E-state index is 12.8. The molecule has 2 aromatic rings. The van der Waals surface area contributed by atoms with Gasteiger partial charge in [0.15, 0.2) is 0 Å². The van der Waals surface area contributed by atoms with Crippen LogP contribution in [-0.4, -0.2) is 40.0 Å². The Morgan fingerprint density at radius 2 is 1.38 bits per heavy atom. The first kappa shape index (κ1) is 16.1. The molecule has 1 saturated heterocycles. The van der Waals surface area contributed by atoms with E-state index in [4.69, 9.17) is 5.11 Å². The molecule has 0 aromatic heterocycles. The van der Waals surface area contributed by atoms with Crippen LogP contribution in [0.2, 0.25) is 0 Å². The predicted octanol–water partition coefficient (Wildman–Crippen LogP) is 2.83. The van der Waals surface area contributed by atoms with E-state index in [1.807, 2.05) is 60.7 Å². The molecule has 0 radical (unpaired) electrons. The van der Waals surface area contributed by atoms with Crippen LogP contribution in [0, 0.1) is 5.92 Å². The van der Waals surface area contributed by atoms with Gasteiger partial charge in [-0.1, -0.05) is 60.7 Å². The number of rotatable bonds is 5. The number of nitrogens with zero attached hydrogens (tertiary/aromatic N) is 2. The number of urea groups is 1. The van der Waals surface area contributed by atoms with Crippen LogP contribution >= 0.6 is 0 Å². The Kier molecular flexibility index (Phi) is 4.79. The minimum atomic E-state index is -0.836. The number of amides is 2. The van der Waals surface area contributed by atoms with Gasteiger partial charge >= 0.3 is 12.0 Å². The van der Waals surface area contributed by atoms with E-state index < -0.39 is 11.9 Å². The highest BCUT2D eigenvalue weighted by atomic mass is 16.4. The van der Waals surface area contributed by atoms with Gasteiger partial charge in [0, 0.05) is 26.2 Å². The minimum Gasteiger partial charge on any atom is -0.481 e. The van der Waals surface area contributed by atoms with Gasteiger partial charge in [0.05, 0.1) is 5.92 Å². The number of hydrogen-bond acceptors (Lipinski definition) is 2. The van der Waals surface area contributed by atoms with Crippen molar-refractivity contribution in [2.45, 2.75) is 13.1 Å². The normalized spacial score (nSPS) is 14.1. The van der Waals surface area contributed by atoms with Gasteiger partial charge in [0.1, 0.15) is 0 Å². The van der Waals surface area contributed by atoms with Crippen LogP contribution in [-0.2, 0) is 17.9 Å². The molecule has 1 heterocycles. The summed E-state index contributed by atoms with van der Waals surface area (Å²) in [5, 5.41) is 8.99. The van der Waals surface area contributed by atoms with E-state index in [1.165, 1.54) is 0 Å². The molecule has 0 aliphatic carbocycles. The van der Waals surface area contributed by atoms with E-state index in [0.29, 0.717) is 13.1 Å². The summed E-state index contributed by atoms with van der Waals surface area (Å²) in [6.07, 6.45) is 0. The van der Waals surface area contributed by atoms with Crippen molar-refractivity contribution in [3.05, 3.63) is 71.8 Å². The van der Waals surface area contributed by atoms with Crippen molar-refractivity contribution >= 4 is 12.0 Å². The first-order valence-electron chi connectivity index (χ1n) is 7.98. The summed E-state index contributed by atoms with van der Waals surface area (Å²) in [7, 11) is 0. The van der Waals surface area contributed by atoms with Gasteiger partial charge in [0.25, 0.3) is 0 Å². The summed E-state index contributed by atoms with van der Waals surface area (Å²) >= 11 is 0. The molecule has 1 N–H and O–H groups in total. The minimum absolute atomic E-state index is 0.111. The van der Waals surface area contributed by atoms with E-state index in [2.05, 4.69) is 0 Å². The van der Waals surface area contributed by atoms with E-state index >= 15 is 0 Å². The highest BCUT2D eigenvalue weighted by Crippen LogP contribution is 2.20. The Labute approximate surface area is 141 Å². The van der Waals surface area contributed by atoms with Crippen molar-refractivity contribution in [2.24, 2.45) is 5.92 Å². The number of carbonyl (C=O) groups is 2. The molecule has 0 saturated carbocycles. The van der Waals surface area contributed by atoms with Crippen LogP contribution in [0.15, 0.2) is 60.7 Å². The van der Waals surface area contributed by atoms with Crippen LogP contribution in [0.25, 0.3) is 0 Å². The molecule has 24 heavy (non-hydrogen) atoms. The van der Waals surface area contributed by atoms with Gasteiger partial charge in [0.2, 0.25) is 0 Å². The molecule has 1 aliphatic rings. The fourth-order valence-electron chi connectivity index (χ4n) is 2.79. The third kappa shape index (κ3) is 3.74. The molecule has 124 valence electrons. The topological polar surface area (TPSA) is 60.9 Å². The van der Waals surface area contributed by atoms with Crippen molar-refractivity contribution in [1.29, 1.82) is 0 Å². The Balaban J connectivity index is 1.72. The average molecular weight is 324 g/mol. The number of aliphatic carboxylic acids is 1. The third-order valence-electron chi connectivity index (χ3n) is 4.20. The molecule has 3 rings (SSSR count). The maximum Gasteiger partial charge on any atom is 0.320 e. The fourth-order valence-corrected chi connectivity index (χ4v) is 2.79. The summed E-state index contributed by atoms with van der Waals surface area (Å²) in [4.78, 5) is 27.1. The molecule has 0 bridgehead atoms. The van der Waals surface area contributed by atoms with Crippen LogP contribution in [0.5, 0.6) is 0 Å². The van der Waals surface area contributed by atoms with E-state index in [-0.39, 0.29) is 19.1 Å². The Morgan fingerprint density at radius 3 is 1.79 bits per heavy atom. The Bertz CT molecular complexity index is 656. The van der Waals surface area contributed by atoms with Crippen LogP contribution in [0.4, 0.5) is 4.79 Å².